The summed E-state index contributed by atoms with van der Waals surface area (Å²) < 4.78 is 2.23. The minimum Gasteiger partial charge on any atom is -0.350 e. The van der Waals surface area contributed by atoms with Crippen molar-refractivity contribution < 1.29 is 0 Å². The van der Waals surface area contributed by atoms with Gasteiger partial charge in [-0.05, 0) is 73.8 Å². The number of nitrogens with one attached hydrogen (secondary N) is 1. The standard InChI is InChI=1S/C25H31N3S/c1-18-13-14-21(15-19(18)2)26-25(29)28(22-9-5-4-6-10-22)17-20-16-27(3)24-12-8-7-11-23(20)24/h7-8,11-16,22H,4-6,9-10,17H2,1-3H3,(H,26,29). The number of nitrogens with zero attached hydrogens (tertiary/aromatic N) is 2. The van der Waals surface area contributed by atoms with Gasteiger partial charge in [-0.25, -0.2) is 0 Å². The third-order valence-corrected chi connectivity index (χ3v) is 6.69. The van der Waals surface area contributed by atoms with Crippen LogP contribution in [-0.2, 0) is 13.6 Å². The third-order valence-electron chi connectivity index (χ3n) is 6.35. The Morgan fingerprint density at radius 1 is 1.07 bits per heavy atom. The second-order valence-electron chi connectivity index (χ2n) is 8.43. The van der Waals surface area contributed by atoms with Gasteiger partial charge in [-0.2, -0.15) is 0 Å². The zero-order chi connectivity index (χ0) is 20.4. The maximum atomic E-state index is 5.95. The highest BCUT2D eigenvalue weighted by molar-refractivity contribution is 7.80. The zero-order valence-corrected chi connectivity index (χ0v) is 18.6. The summed E-state index contributed by atoms with van der Waals surface area (Å²) in [4.78, 5) is 2.44. The maximum Gasteiger partial charge on any atom is 0.173 e. The summed E-state index contributed by atoms with van der Waals surface area (Å²) >= 11 is 5.95. The largest absolute Gasteiger partial charge is 0.350 e. The molecular formula is C25H31N3S. The van der Waals surface area contributed by atoms with Crippen molar-refractivity contribution >= 4 is 33.9 Å². The topological polar surface area (TPSA) is 20.2 Å². The van der Waals surface area contributed by atoms with Gasteiger partial charge in [0.25, 0.3) is 0 Å². The van der Waals surface area contributed by atoms with Crippen LogP contribution in [0.15, 0.2) is 48.7 Å². The van der Waals surface area contributed by atoms with Gasteiger partial charge in [-0.15, -0.1) is 0 Å². The minimum absolute atomic E-state index is 0.509. The van der Waals surface area contributed by atoms with E-state index in [2.05, 4.69) is 84.3 Å². The highest BCUT2D eigenvalue weighted by Crippen LogP contribution is 2.28. The van der Waals surface area contributed by atoms with Crippen LogP contribution >= 0.6 is 12.2 Å². The van der Waals surface area contributed by atoms with Gasteiger partial charge in [-0.3, -0.25) is 0 Å². The van der Waals surface area contributed by atoms with E-state index in [0.717, 1.165) is 17.3 Å². The minimum atomic E-state index is 0.509. The van der Waals surface area contributed by atoms with E-state index in [4.69, 9.17) is 12.2 Å². The Kier molecular flexibility index (Phi) is 5.91. The van der Waals surface area contributed by atoms with Crippen molar-refractivity contribution in [3.8, 4) is 0 Å². The van der Waals surface area contributed by atoms with E-state index < -0.39 is 0 Å². The summed E-state index contributed by atoms with van der Waals surface area (Å²) in [5.74, 6) is 0. The van der Waals surface area contributed by atoms with Crippen LogP contribution in [0, 0.1) is 13.8 Å². The molecule has 1 N–H and O–H groups in total. The molecule has 0 atom stereocenters. The van der Waals surface area contributed by atoms with Crippen LogP contribution in [-0.4, -0.2) is 20.6 Å². The molecule has 4 rings (SSSR count). The third kappa shape index (κ3) is 4.32. The fourth-order valence-electron chi connectivity index (χ4n) is 4.51. The van der Waals surface area contributed by atoms with Gasteiger partial charge in [0.05, 0.1) is 0 Å². The van der Waals surface area contributed by atoms with E-state index in [0.29, 0.717) is 6.04 Å². The van der Waals surface area contributed by atoms with Gasteiger partial charge in [0.15, 0.2) is 5.11 Å². The molecule has 1 fully saturated rings. The lowest BCUT2D eigenvalue weighted by molar-refractivity contribution is 0.241. The molecule has 152 valence electrons. The number of thiocarbonyl (C=S) groups is 1. The fraction of sp³-hybridized carbons (Fsp3) is 0.400. The summed E-state index contributed by atoms with van der Waals surface area (Å²) in [6.07, 6.45) is 8.64. The van der Waals surface area contributed by atoms with Crippen LogP contribution in [0.2, 0.25) is 0 Å². The number of rotatable bonds is 4. The number of benzene rings is 2. The number of fused-ring (bicyclic) bond motifs is 1. The fourth-order valence-corrected chi connectivity index (χ4v) is 4.84. The smallest absolute Gasteiger partial charge is 0.173 e. The molecule has 1 heterocycles. The van der Waals surface area contributed by atoms with Crippen molar-refractivity contribution in [3.05, 3.63) is 65.4 Å². The predicted molar refractivity (Wildman–Crippen MR) is 127 cm³/mol. The van der Waals surface area contributed by atoms with Gasteiger partial charge >= 0.3 is 0 Å². The van der Waals surface area contributed by atoms with Gasteiger partial charge in [-0.1, -0.05) is 43.5 Å². The Hall–Kier alpha value is -2.33. The number of aryl methyl sites for hydroxylation is 3. The molecule has 29 heavy (non-hydrogen) atoms. The molecule has 3 aromatic rings. The Bertz CT molecular complexity index is 1010. The van der Waals surface area contributed by atoms with Gasteiger partial charge in [0.1, 0.15) is 0 Å². The molecule has 0 bridgehead atoms. The number of hydrogen-bond donors (Lipinski definition) is 1. The molecule has 0 saturated heterocycles. The number of para-hydroxylation sites is 1. The number of anilines is 1. The summed E-state index contributed by atoms with van der Waals surface area (Å²) in [6, 6.07) is 15.6. The van der Waals surface area contributed by atoms with Crippen molar-refractivity contribution in [2.75, 3.05) is 5.32 Å². The monoisotopic (exact) mass is 405 g/mol. The highest BCUT2D eigenvalue weighted by atomic mass is 32.1. The highest BCUT2D eigenvalue weighted by Gasteiger charge is 2.24. The van der Waals surface area contributed by atoms with Gasteiger partial charge in [0.2, 0.25) is 0 Å². The first kappa shape index (κ1) is 20.0. The summed E-state index contributed by atoms with van der Waals surface area (Å²) in [7, 11) is 2.13. The van der Waals surface area contributed by atoms with Crippen LogP contribution in [0.5, 0.6) is 0 Å². The van der Waals surface area contributed by atoms with Crippen molar-refractivity contribution in [1.82, 2.24) is 9.47 Å². The Morgan fingerprint density at radius 3 is 2.59 bits per heavy atom. The van der Waals surface area contributed by atoms with Crippen molar-refractivity contribution in [3.63, 3.8) is 0 Å². The average molecular weight is 406 g/mol. The molecule has 0 radical (unpaired) electrons. The first-order valence-corrected chi connectivity index (χ1v) is 11.1. The second-order valence-corrected chi connectivity index (χ2v) is 8.82. The van der Waals surface area contributed by atoms with Crippen LogP contribution in [0.3, 0.4) is 0 Å². The average Bonchev–Trinajstić information content (AvgIpc) is 3.05. The molecule has 0 unspecified atom stereocenters. The number of aromatic nitrogens is 1. The molecule has 1 aliphatic carbocycles. The molecule has 1 aromatic heterocycles. The van der Waals surface area contributed by atoms with Gasteiger partial charge in [0, 0.05) is 42.4 Å². The quantitative estimate of drug-likeness (QED) is 0.512. The first-order valence-electron chi connectivity index (χ1n) is 10.7. The van der Waals surface area contributed by atoms with Crippen LogP contribution in [0.4, 0.5) is 5.69 Å². The van der Waals surface area contributed by atoms with Crippen molar-refractivity contribution in [2.45, 2.75) is 58.5 Å². The molecule has 0 spiro atoms. The predicted octanol–water partition coefficient (Wildman–Crippen LogP) is 6.33. The molecule has 2 aromatic carbocycles. The molecule has 0 amide bonds. The molecular weight excluding hydrogens is 374 g/mol. The van der Waals surface area contributed by atoms with E-state index in [1.165, 1.54) is 59.7 Å². The lowest BCUT2D eigenvalue weighted by Crippen LogP contribution is -2.43. The molecule has 1 aliphatic rings. The van der Waals surface area contributed by atoms with Gasteiger partial charge < -0.3 is 14.8 Å². The van der Waals surface area contributed by atoms with Crippen molar-refractivity contribution in [2.24, 2.45) is 7.05 Å². The molecule has 4 heteroatoms. The van der Waals surface area contributed by atoms with E-state index in [-0.39, 0.29) is 0 Å². The summed E-state index contributed by atoms with van der Waals surface area (Å²) in [5, 5.41) is 5.70. The zero-order valence-electron chi connectivity index (χ0n) is 17.7. The Morgan fingerprint density at radius 2 is 1.83 bits per heavy atom. The van der Waals surface area contributed by atoms with Crippen LogP contribution < -0.4 is 5.32 Å². The summed E-state index contributed by atoms with van der Waals surface area (Å²) in [6.45, 7) is 5.15. The SMILES string of the molecule is Cc1ccc(NC(=S)N(Cc2cn(C)c3ccccc23)C2CCCCC2)cc1C. The van der Waals surface area contributed by atoms with E-state index in [9.17, 15) is 0 Å². The Balaban J connectivity index is 1.62. The van der Waals surface area contributed by atoms with E-state index in [1.807, 2.05) is 0 Å². The number of hydrogen-bond acceptors (Lipinski definition) is 1. The molecule has 0 aliphatic heterocycles. The summed E-state index contributed by atoms with van der Waals surface area (Å²) in [5.41, 5.74) is 6.30. The molecule has 3 nitrogen and oxygen atoms in total. The second kappa shape index (κ2) is 8.58. The molecule has 1 saturated carbocycles. The lowest BCUT2D eigenvalue weighted by atomic mass is 9.94. The Labute approximate surface area is 179 Å². The van der Waals surface area contributed by atoms with Crippen LogP contribution in [0.25, 0.3) is 10.9 Å². The normalized spacial score (nSPS) is 14.9. The maximum absolute atomic E-state index is 5.95. The van der Waals surface area contributed by atoms with E-state index >= 15 is 0 Å². The lowest BCUT2D eigenvalue weighted by Gasteiger charge is -2.36. The van der Waals surface area contributed by atoms with Crippen molar-refractivity contribution in [1.29, 1.82) is 0 Å². The van der Waals surface area contributed by atoms with Crippen LogP contribution in [0.1, 0.15) is 48.8 Å². The first-order chi connectivity index (χ1) is 14.0. The van der Waals surface area contributed by atoms with E-state index in [1.54, 1.807) is 0 Å².